The highest BCUT2D eigenvalue weighted by molar-refractivity contribution is 7.88. The van der Waals surface area contributed by atoms with Crippen LogP contribution in [0.3, 0.4) is 0 Å². The van der Waals surface area contributed by atoms with Crippen molar-refractivity contribution in [2.45, 2.75) is 6.42 Å². The summed E-state index contributed by atoms with van der Waals surface area (Å²) in [5.74, 6) is 0. The Balaban J connectivity index is 1.62. The Hall–Kier alpha value is -1.97. The van der Waals surface area contributed by atoms with Crippen LogP contribution in [0.1, 0.15) is 6.42 Å². The van der Waals surface area contributed by atoms with Crippen LogP contribution >= 0.6 is 11.3 Å². The predicted octanol–water partition coefficient (Wildman–Crippen LogP) is 2.31. The number of carbonyl (C=O) groups excluding carboxylic acids is 1. The molecule has 1 aromatic heterocycles. The molecule has 1 fully saturated rings. The number of sulfonamides is 1. The lowest BCUT2D eigenvalue weighted by Crippen LogP contribution is -2.39. The quantitative estimate of drug-likeness (QED) is 0.886. The number of benzene rings is 1. The minimum atomic E-state index is -3.22. The zero-order chi connectivity index (χ0) is 17.9. The van der Waals surface area contributed by atoms with E-state index in [-0.39, 0.29) is 6.03 Å². The van der Waals surface area contributed by atoms with Gasteiger partial charge in [0.05, 0.1) is 11.9 Å². The summed E-state index contributed by atoms with van der Waals surface area (Å²) < 4.78 is 24.7. The molecule has 1 aliphatic rings. The lowest BCUT2D eigenvalue weighted by molar-refractivity contribution is 0.214. The average Bonchev–Trinajstić information content (AvgIpc) is 2.89. The molecule has 25 heavy (non-hydrogen) atoms. The van der Waals surface area contributed by atoms with Crippen molar-refractivity contribution in [1.82, 2.24) is 14.2 Å². The van der Waals surface area contributed by atoms with Gasteiger partial charge in [-0.2, -0.15) is 0 Å². The number of anilines is 1. The maximum Gasteiger partial charge on any atom is 0.323 e. The second-order valence-electron chi connectivity index (χ2n) is 5.84. The Morgan fingerprint density at radius 1 is 1.16 bits per heavy atom. The van der Waals surface area contributed by atoms with Gasteiger partial charge < -0.3 is 4.90 Å². The lowest BCUT2D eigenvalue weighted by Gasteiger charge is -2.20. The molecule has 0 atom stereocenters. The number of aromatic nitrogens is 1. The molecule has 2 aromatic rings. The largest absolute Gasteiger partial charge is 0.323 e. The predicted molar refractivity (Wildman–Crippen MR) is 99.2 cm³/mol. The van der Waals surface area contributed by atoms with Crippen LogP contribution in [-0.2, 0) is 10.0 Å². The fourth-order valence-corrected chi connectivity index (χ4v) is 4.26. The van der Waals surface area contributed by atoms with Gasteiger partial charge in [-0.3, -0.25) is 5.32 Å². The molecule has 0 aliphatic carbocycles. The molecular weight excluding hydrogens is 360 g/mol. The van der Waals surface area contributed by atoms with E-state index in [9.17, 15) is 13.2 Å². The van der Waals surface area contributed by atoms with E-state index < -0.39 is 10.0 Å². The maximum absolute atomic E-state index is 12.4. The van der Waals surface area contributed by atoms with E-state index in [0.717, 1.165) is 11.3 Å². The van der Waals surface area contributed by atoms with Gasteiger partial charge in [-0.15, -0.1) is 11.3 Å². The Labute approximate surface area is 151 Å². The van der Waals surface area contributed by atoms with Crippen LogP contribution in [0.15, 0.2) is 35.7 Å². The van der Waals surface area contributed by atoms with Crippen molar-refractivity contribution in [3.05, 3.63) is 35.7 Å². The van der Waals surface area contributed by atoms with E-state index in [2.05, 4.69) is 10.3 Å². The number of nitrogens with zero attached hydrogens (tertiary/aromatic N) is 3. The van der Waals surface area contributed by atoms with Crippen molar-refractivity contribution < 1.29 is 13.2 Å². The fourth-order valence-electron chi connectivity index (χ4n) is 2.67. The van der Waals surface area contributed by atoms with Crippen LogP contribution in [0.2, 0.25) is 0 Å². The number of hydrogen-bond donors (Lipinski definition) is 1. The molecule has 0 saturated carbocycles. The van der Waals surface area contributed by atoms with E-state index in [0.29, 0.717) is 37.7 Å². The van der Waals surface area contributed by atoms with Gasteiger partial charge in [-0.25, -0.2) is 22.5 Å². The van der Waals surface area contributed by atoms with Gasteiger partial charge in [0.25, 0.3) is 0 Å². The zero-order valence-electron chi connectivity index (χ0n) is 13.9. The molecule has 2 heterocycles. The van der Waals surface area contributed by atoms with Crippen molar-refractivity contribution in [3.63, 3.8) is 0 Å². The molecule has 0 bridgehead atoms. The van der Waals surface area contributed by atoms with Crippen molar-refractivity contribution >= 4 is 32.5 Å². The number of urea groups is 1. The summed E-state index contributed by atoms with van der Waals surface area (Å²) in [6.45, 7) is 1.65. The molecule has 0 radical (unpaired) electrons. The SMILES string of the molecule is CS(=O)(=O)N1CCCN(C(=O)Nc2nc(-c3ccccc3)cs2)CC1. The van der Waals surface area contributed by atoms with Gasteiger partial charge in [0.1, 0.15) is 0 Å². The van der Waals surface area contributed by atoms with Crippen LogP contribution in [-0.4, -0.2) is 61.1 Å². The zero-order valence-corrected chi connectivity index (χ0v) is 15.5. The Morgan fingerprint density at radius 3 is 2.64 bits per heavy atom. The molecule has 9 heteroatoms. The molecule has 7 nitrogen and oxygen atoms in total. The average molecular weight is 380 g/mol. The van der Waals surface area contributed by atoms with E-state index in [1.165, 1.54) is 21.9 Å². The molecule has 0 unspecified atom stereocenters. The van der Waals surface area contributed by atoms with Crippen LogP contribution < -0.4 is 5.32 Å². The first-order valence-electron chi connectivity index (χ1n) is 7.95. The Morgan fingerprint density at radius 2 is 1.92 bits per heavy atom. The summed E-state index contributed by atoms with van der Waals surface area (Å²) in [5.41, 5.74) is 1.82. The summed E-state index contributed by atoms with van der Waals surface area (Å²) in [5, 5.41) is 5.25. The number of hydrogen-bond acceptors (Lipinski definition) is 5. The minimum Gasteiger partial charge on any atom is -0.323 e. The van der Waals surface area contributed by atoms with E-state index in [4.69, 9.17) is 0 Å². The number of nitrogens with one attached hydrogen (secondary N) is 1. The highest BCUT2D eigenvalue weighted by Crippen LogP contribution is 2.24. The summed E-state index contributed by atoms with van der Waals surface area (Å²) >= 11 is 1.37. The monoisotopic (exact) mass is 380 g/mol. The van der Waals surface area contributed by atoms with Gasteiger partial charge in [-0.05, 0) is 6.42 Å². The molecule has 1 aromatic carbocycles. The van der Waals surface area contributed by atoms with E-state index in [1.54, 1.807) is 4.90 Å². The Bertz CT molecular complexity index is 836. The van der Waals surface area contributed by atoms with E-state index in [1.807, 2.05) is 35.7 Å². The molecule has 1 N–H and O–H groups in total. The molecule has 134 valence electrons. The molecule has 1 aliphatic heterocycles. The molecule has 3 rings (SSSR count). The van der Waals surface area contributed by atoms with Crippen LogP contribution in [0.4, 0.5) is 9.93 Å². The van der Waals surface area contributed by atoms with E-state index >= 15 is 0 Å². The number of amides is 2. The standard InChI is InChI=1S/C16H20N4O3S2/c1-25(22,23)20-9-5-8-19(10-11-20)16(21)18-15-17-14(12-24-15)13-6-3-2-4-7-13/h2-4,6-7,12H,5,8-11H2,1H3,(H,17,18,21). The summed E-state index contributed by atoms with van der Waals surface area (Å²) in [6, 6.07) is 9.52. The molecular formula is C16H20N4O3S2. The van der Waals surface area contributed by atoms with Gasteiger partial charge in [0, 0.05) is 37.1 Å². The normalized spacial score (nSPS) is 16.4. The first kappa shape index (κ1) is 17.8. The smallest absolute Gasteiger partial charge is 0.323 e. The van der Waals surface area contributed by atoms with Gasteiger partial charge in [0.2, 0.25) is 10.0 Å². The highest BCUT2D eigenvalue weighted by atomic mass is 32.2. The summed E-state index contributed by atoms with van der Waals surface area (Å²) in [6.07, 6.45) is 1.82. The lowest BCUT2D eigenvalue weighted by atomic mass is 10.2. The van der Waals surface area contributed by atoms with Gasteiger partial charge in [0.15, 0.2) is 5.13 Å². The van der Waals surface area contributed by atoms with Crippen molar-refractivity contribution in [2.75, 3.05) is 37.8 Å². The fraction of sp³-hybridized carbons (Fsp3) is 0.375. The Kier molecular flexibility index (Phi) is 5.36. The molecule has 2 amide bonds. The van der Waals surface area contributed by atoms with Crippen molar-refractivity contribution in [2.24, 2.45) is 0 Å². The van der Waals surface area contributed by atoms with Crippen LogP contribution in [0.25, 0.3) is 11.3 Å². The van der Waals surface area contributed by atoms with Gasteiger partial charge >= 0.3 is 6.03 Å². The first-order chi connectivity index (χ1) is 11.9. The molecule has 0 spiro atoms. The first-order valence-corrected chi connectivity index (χ1v) is 10.7. The highest BCUT2D eigenvalue weighted by Gasteiger charge is 2.24. The van der Waals surface area contributed by atoms with Crippen molar-refractivity contribution in [3.8, 4) is 11.3 Å². The van der Waals surface area contributed by atoms with Gasteiger partial charge in [-0.1, -0.05) is 30.3 Å². The van der Waals surface area contributed by atoms with Crippen LogP contribution in [0, 0.1) is 0 Å². The second kappa shape index (κ2) is 7.51. The van der Waals surface area contributed by atoms with Crippen LogP contribution in [0.5, 0.6) is 0 Å². The topological polar surface area (TPSA) is 82.6 Å². The summed E-state index contributed by atoms with van der Waals surface area (Å²) in [4.78, 5) is 18.5. The summed E-state index contributed by atoms with van der Waals surface area (Å²) in [7, 11) is -3.22. The second-order valence-corrected chi connectivity index (χ2v) is 8.68. The minimum absolute atomic E-state index is 0.246. The third-order valence-electron chi connectivity index (χ3n) is 4.00. The number of thiazole rings is 1. The molecule has 1 saturated heterocycles. The number of rotatable bonds is 3. The third-order valence-corrected chi connectivity index (χ3v) is 6.06. The maximum atomic E-state index is 12.4. The third kappa shape index (κ3) is 4.56. The van der Waals surface area contributed by atoms with Crippen molar-refractivity contribution in [1.29, 1.82) is 0 Å². The number of carbonyl (C=O) groups is 1.